The Morgan fingerprint density at radius 3 is 2.57 bits per heavy atom. The minimum Gasteiger partial charge on any atom is -0.338 e. The Morgan fingerprint density at radius 1 is 1.14 bits per heavy atom. The summed E-state index contributed by atoms with van der Waals surface area (Å²) < 4.78 is 0. The van der Waals surface area contributed by atoms with Crippen molar-refractivity contribution in [3.63, 3.8) is 0 Å². The van der Waals surface area contributed by atoms with Crippen LogP contribution in [0.2, 0.25) is 0 Å². The van der Waals surface area contributed by atoms with Crippen LogP contribution in [-0.2, 0) is 0 Å². The summed E-state index contributed by atoms with van der Waals surface area (Å²) in [7, 11) is 0. The summed E-state index contributed by atoms with van der Waals surface area (Å²) in [6, 6.07) is 16.3. The number of hydrogen-bond donors (Lipinski definition) is 0. The predicted octanol–water partition coefficient (Wildman–Crippen LogP) is 4.14. The number of amides is 1. The van der Waals surface area contributed by atoms with Crippen LogP contribution in [0.15, 0.2) is 48.5 Å². The van der Waals surface area contributed by atoms with Crippen molar-refractivity contribution >= 4 is 5.91 Å². The van der Waals surface area contributed by atoms with E-state index >= 15 is 0 Å². The zero-order valence-corrected chi connectivity index (χ0v) is 12.7. The minimum absolute atomic E-state index is 0.163. The molecule has 2 nitrogen and oxygen atoms in total. The second kappa shape index (κ2) is 5.72. The number of carbonyl (C=O) groups is 1. The van der Waals surface area contributed by atoms with Gasteiger partial charge in [0.2, 0.25) is 0 Å². The molecular weight excluding hydrogens is 258 g/mol. The molecule has 0 radical (unpaired) electrons. The Kier molecular flexibility index (Phi) is 3.78. The largest absolute Gasteiger partial charge is 0.338 e. The summed E-state index contributed by atoms with van der Waals surface area (Å²) in [6.45, 7) is 6.06. The molecule has 1 heterocycles. The number of likely N-dealkylation sites (tertiary alicyclic amines) is 1. The van der Waals surface area contributed by atoms with Crippen LogP contribution < -0.4 is 0 Å². The lowest BCUT2D eigenvalue weighted by atomic mass is 9.98. The van der Waals surface area contributed by atoms with Crippen LogP contribution >= 0.6 is 0 Å². The highest BCUT2D eigenvalue weighted by molar-refractivity contribution is 5.96. The highest BCUT2D eigenvalue weighted by atomic mass is 16.2. The van der Waals surface area contributed by atoms with Gasteiger partial charge in [-0.15, -0.1) is 0 Å². The van der Waals surface area contributed by atoms with Gasteiger partial charge < -0.3 is 4.90 Å². The molecule has 2 aromatic rings. The molecule has 3 rings (SSSR count). The van der Waals surface area contributed by atoms with E-state index in [2.05, 4.69) is 32.0 Å². The summed E-state index contributed by atoms with van der Waals surface area (Å²) in [6.07, 6.45) is 1.11. The van der Waals surface area contributed by atoms with Gasteiger partial charge in [-0.1, -0.05) is 43.3 Å². The summed E-state index contributed by atoms with van der Waals surface area (Å²) in [5, 5.41) is 0. The second-order valence-electron chi connectivity index (χ2n) is 6.04. The predicted molar refractivity (Wildman–Crippen MR) is 86.3 cm³/mol. The molecular formula is C19H21NO. The normalized spacial score (nSPS) is 18.0. The van der Waals surface area contributed by atoms with Crippen LogP contribution in [0.1, 0.15) is 29.3 Å². The van der Waals surface area contributed by atoms with Crippen molar-refractivity contribution in [1.82, 2.24) is 4.90 Å². The van der Waals surface area contributed by atoms with Crippen LogP contribution in [0.25, 0.3) is 11.1 Å². The van der Waals surface area contributed by atoms with Gasteiger partial charge in [-0.2, -0.15) is 0 Å². The smallest absolute Gasteiger partial charge is 0.253 e. The minimum atomic E-state index is 0.163. The number of nitrogens with zero attached hydrogens (tertiary/aromatic N) is 1. The number of carbonyl (C=O) groups excluding carboxylic acids is 1. The quantitative estimate of drug-likeness (QED) is 0.809. The molecule has 0 N–H and O–H groups in total. The van der Waals surface area contributed by atoms with Crippen LogP contribution in [0.3, 0.4) is 0 Å². The topological polar surface area (TPSA) is 20.3 Å². The molecule has 108 valence electrons. The summed E-state index contributed by atoms with van der Waals surface area (Å²) in [5.41, 5.74) is 4.31. The highest BCUT2D eigenvalue weighted by Gasteiger charge is 2.24. The summed E-state index contributed by atoms with van der Waals surface area (Å²) >= 11 is 0. The Morgan fingerprint density at radius 2 is 1.90 bits per heavy atom. The van der Waals surface area contributed by atoms with E-state index in [4.69, 9.17) is 0 Å². The van der Waals surface area contributed by atoms with Crippen LogP contribution in [0, 0.1) is 12.8 Å². The second-order valence-corrected chi connectivity index (χ2v) is 6.04. The molecule has 0 aliphatic carbocycles. The molecule has 1 amide bonds. The molecule has 21 heavy (non-hydrogen) atoms. The van der Waals surface area contributed by atoms with Gasteiger partial charge in [0.25, 0.3) is 5.91 Å². The third kappa shape index (κ3) is 2.85. The van der Waals surface area contributed by atoms with Gasteiger partial charge in [0.1, 0.15) is 0 Å². The van der Waals surface area contributed by atoms with Crippen molar-refractivity contribution < 1.29 is 4.79 Å². The van der Waals surface area contributed by atoms with Crippen LogP contribution in [0.4, 0.5) is 0 Å². The molecule has 2 aromatic carbocycles. The SMILES string of the molecule is Cc1ccc(C(=O)N2CC[C@@H](C)C2)cc1-c1ccccc1. The molecule has 1 aliphatic rings. The Labute approximate surface area is 126 Å². The zero-order valence-electron chi connectivity index (χ0n) is 12.7. The van der Waals surface area contributed by atoms with E-state index in [-0.39, 0.29) is 5.91 Å². The van der Waals surface area contributed by atoms with E-state index in [0.717, 1.165) is 30.6 Å². The number of hydrogen-bond acceptors (Lipinski definition) is 1. The molecule has 0 bridgehead atoms. The van der Waals surface area contributed by atoms with Gasteiger partial charge >= 0.3 is 0 Å². The van der Waals surface area contributed by atoms with Crippen molar-refractivity contribution in [3.8, 4) is 11.1 Å². The summed E-state index contributed by atoms with van der Waals surface area (Å²) in [4.78, 5) is 14.6. The molecule has 1 atom stereocenters. The van der Waals surface area contributed by atoms with Gasteiger partial charge in [0.15, 0.2) is 0 Å². The molecule has 0 unspecified atom stereocenters. The molecule has 2 heteroatoms. The Balaban J connectivity index is 1.93. The molecule has 1 aliphatic heterocycles. The fourth-order valence-electron chi connectivity index (χ4n) is 2.99. The summed E-state index contributed by atoms with van der Waals surface area (Å²) in [5.74, 6) is 0.782. The van der Waals surface area contributed by atoms with Crippen LogP contribution in [0.5, 0.6) is 0 Å². The fraction of sp³-hybridized carbons (Fsp3) is 0.316. The molecule has 1 saturated heterocycles. The number of rotatable bonds is 2. The van der Waals surface area contributed by atoms with E-state index in [0.29, 0.717) is 5.92 Å². The maximum atomic E-state index is 12.6. The van der Waals surface area contributed by atoms with Gasteiger partial charge in [-0.3, -0.25) is 4.79 Å². The maximum absolute atomic E-state index is 12.6. The van der Waals surface area contributed by atoms with Crippen molar-refractivity contribution in [1.29, 1.82) is 0 Å². The zero-order chi connectivity index (χ0) is 14.8. The van der Waals surface area contributed by atoms with Gasteiger partial charge in [0, 0.05) is 18.7 Å². The van der Waals surface area contributed by atoms with Gasteiger partial charge in [0.05, 0.1) is 0 Å². The van der Waals surface area contributed by atoms with Crippen molar-refractivity contribution in [2.24, 2.45) is 5.92 Å². The van der Waals surface area contributed by atoms with E-state index in [1.54, 1.807) is 0 Å². The first-order valence-electron chi connectivity index (χ1n) is 7.60. The molecule has 0 spiro atoms. The van der Waals surface area contributed by atoms with Gasteiger partial charge in [-0.25, -0.2) is 0 Å². The lowest BCUT2D eigenvalue weighted by Crippen LogP contribution is -2.28. The van der Waals surface area contributed by atoms with E-state index in [9.17, 15) is 4.79 Å². The lowest BCUT2D eigenvalue weighted by Gasteiger charge is -2.17. The highest BCUT2D eigenvalue weighted by Crippen LogP contribution is 2.26. The van der Waals surface area contributed by atoms with E-state index < -0.39 is 0 Å². The standard InChI is InChI=1S/C19H21NO/c1-14-10-11-20(13-14)19(21)17-9-8-15(2)18(12-17)16-6-4-3-5-7-16/h3-9,12,14H,10-11,13H2,1-2H3/t14-/m1/s1. The third-order valence-electron chi connectivity index (χ3n) is 4.28. The number of benzene rings is 2. The molecule has 0 aromatic heterocycles. The number of aryl methyl sites for hydroxylation is 1. The lowest BCUT2D eigenvalue weighted by molar-refractivity contribution is 0.0788. The average molecular weight is 279 g/mol. The van der Waals surface area contributed by atoms with Crippen LogP contribution in [-0.4, -0.2) is 23.9 Å². The van der Waals surface area contributed by atoms with Crippen molar-refractivity contribution in [2.45, 2.75) is 20.3 Å². The Bertz CT molecular complexity index is 648. The fourth-order valence-corrected chi connectivity index (χ4v) is 2.99. The van der Waals surface area contributed by atoms with E-state index in [1.165, 1.54) is 11.1 Å². The first-order valence-corrected chi connectivity index (χ1v) is 7.60. The Hall–Kier alpha value is -2.09. The van der Waals surface area contributed by atoms with Crippen molar-refractivity contribution in [2.75, 3.05) is 13.1 Å². The third-order valence-corrected chi connectivity index (χ3v) is 4.28. The van der Waals surface area contributed by atoms with Crippen molar-refractivity contribution in [3.05, 3.63) is 59.7 Å². The van der Waals surface area contributed by atoms with Gasteiger partial charge in [-0.05, 0) is 48.1 Å². The average Bonchev–Trinajstić information content (AvgIpc) is 2.94. The first kappa shape index (κ1) is 13.9. The molecule has 1 fully saturated rings. The van der Waals surface area contributed by atoms with E-state index in [1.807, 2.05) is 35.2 Å². The maximum Gasteiger partial charge on any atom is 0.253 e. The molecule has 0 saturated carbocycles. The first-order chi connectivity index (χ1) is 10.1. The monoisotopic (exact) mass is 279 g/mol.